The number of benzene rings is 1. The SMILES string of the molecule is COCCCNC(=O)[C@H](C)N(c1cc(C)cc(C)c1)S(C)(=O)=O. The number of amides is 1. The van der Waals surface area contributed by atoms with Crippen molar-refractivity contribution in [3.05, 3.63) is 29.3 Å². The molecule has 23 heavy (non-hydrogen) atoms. The highest BCUT2D eigenvalue weighted by atomic mass is 32.2. The van der Waals surface area contributed by atoms with Gasteiger partial charge in [-0.1, -0.05) is 6.07 Å². The molecule has 0 radical (unpaired) electrons. The van der Waals surface area contributed by atoms with Gasteiger partial charge in [0, 0.05) is 20.3 Å². The molecule has 1 amide bonds. The van der Waals surface area contributed by atoms with Crippen LogP contribution in [0.5, 0.6) is 0 Å². The molecule has 1 aromatic rings. The van der Waals surface area contributed by atoms with Crippen LogP contribution in [0.15, 0.2) is 18.2 Å². The lowest BCUT2D eigenvalue weighted by Gasteiger charge is -2.28. The topological polar surface area (TPSA) is 75.7 Å². The molecule has 0 bridgehead atoms. The second kappa shape index (κ2) is 8.31. The monoisotopic (exact) mass is 342 g/mol. The molecule has 1 aromatic carbocycles. The number of rotatable bonds is 8. The number of nitrogens with one attached hydrogen (secondary N) is 1. The third-order valence-electron chi connectivity index (χ3n) is 3.37. The zero-order valence-electron chi connectivity index (χ0n) is 14.4. The van der Waals surface area contributed by atoms with E-state index in [4.69, 9.17) is 4.74 Å². The Bertz CT molecular complexity index is 623. The lowest BCUT2D eigenvalue weighted by Crippen LogP contribution is -2.48. The number of methoxy groups -OCH3 is 1. The number of carbonyl (C=O) groups excluding carboxylic acids is 1. The molecule has 0 aliphatic heterocycles. The lowest BCUT2D eigenvalue weighted by atomic mass is 10.1. The van der Waals surface area contributed by atoms with Crippen molar-refractivity contribution in [2.24, 2.45) is 0 Å². The minimum Gasteiger partial charge on any atom is -0.385 e. The van der Waals surface area contributed by atoms with Gasteiger partial charge in [0.05, 0.1) is 11.9 Å². The molecule has 130 valence electrons. The van der Waals surface area contributed by atoms with Crippen LogP contribution >= 0.6 is 0 Å². The summed E-state index contributed by atoms with van der Waals surface area (Å²) in [7, 11) is -1.99. The summed E-state index contributed by atoms with van der Waals surface area (Å²) in [5, 5.41) is 2.74. The van der Waals surface area contributed by atoms with Crippen LogP contribution in [-0.2, 0) is 19.6 Å². The lowest BCUT2D eigenvalue weighted by molar-refractivity contribution is -0.121. The standard InChI is InChI=1S/C16H26N2O4S/c1-12-9-13(2)11-15(10-12)18(23(5,20)21)14(3)16(19)17-7-6-8-22-4/h9-11,14H,6-8H2,1-5H3,(H,17,19)/t14-/m0/s1. The second-order valence-corrected chi connectivity index (χ2v) is 7.58. The van der Waals surface area contributed by atoms with E-state index in [-0.39, 0.29) is 5.91 Å². The number of aryl methyl sites for hydroxylation is 2. The minimum atomic E-state index is -3.58. The van der Waals surface area contributed by atoms with Crippen molar-refractivity contribution in [2.75, 3.05) is 30.8 Å². The fourth-order valence-corrected chi connectivity index (χ4v) is 3.62. The van der Waals surface area contributed by atoms with Crippen molar-refractivity contribution >= 4 is 21.6 Å². The summed E-state index contributed by atoms with van der Waals surface area (Å²) in [6, 6.07) is 4.67. The summed E-state index contributed by atoms with van der Waals surface area (Å²) >= 11 is 0. The molecule has 6 nitrogen and oxygen atoms in total. The Morgan fingerprint density at radius 1 is 1.26 bits per heavy atom. The van der Waals surface area contributed by atoms with Crippen LogP contribution in [0.3, 0.4) is 0 Å². The van der Waals surface area contributed by atoms with E-state index in [9.17, 15) is 13.2 Å². The highest BCUT2D eigenvalue weighted by molar-refractivity contribution is 7.92. The van der Waals surface area contributed by atoms with Crippen molar-refractivity contribution in [1.29, 1.82) is 0 Å². The fourth-order valence-electron chi connectivity index (χ4n) is 2.46. The summed E-state index contributed by atoms with van der Waals surface area (Å²) in [4.78, 5) is 12.3. The first kappa shape index (κ1) is 19.4. The Kier molecular flexibility index (Phi) is 7.02. The number of ether oxygens (including phenoxy) is 1. The molecule has 0 aliphatic rings. The molecule has 7 heteroatoms. The predicted octanol–water partition coefficient (Wildman–Crippen LogP) is 1.61. The van der Waals surface area contributed by atoms with Crippen LogP contribution < -0.4 is 9.62 Å². The van der Waals surface area contributed by atoms with Gasteiger partial charge in [-0.25, -0.2) is 8.42 Å². The third-order valence-corrected chi connectivity index (χ3v) is 4.62. The molecule has 0 aromatic heterocycles. The Hall–Kier alpha value is -1.60. The first-order chi connectivity index (χ1) is 10.7. The van der Waals surface area contributed by atoms with Gasteiger partial charge in [0.15, 0.2) is 0 Å². The smallest absolute Gasteiger partial charge is 0.243 e. The number of hydrogen-bond donors (Lipinski definition) is 1. The molecular weight excluding hydrogens is 316 g/mol. The molecule has 0 saturated heterocycles. The maximum atomic E-state index is 12.3. The average Bonchev–Trinajstić information content (AvgIpc) is 2.40. The molecule has 0 saturated carbocycles. The normalized spacial score (nSPS) is 12.7. The maximum Gasteiger partial charge on any atom is 0.243 e. The first-order valence-corrected chi connectivity index (χ1v) is 9.36. The van der Waals surface area contributed by atoms with Crippen LogP contribution in [-0.4, -0.2) is 46.9 Å². The molecule has 1 atom stereocenters. The van der Waals surface area contributed by atoms with Crippen molar-refractivity contribution in [1.82, 2.24) is 5.32 Å². The Morgan fingerprint density at radius 2 is 1.83 bits per heavy atom. The summed E-state index contributed by atoms with van der Waals surface area (Å²) < 4.78 is 30.5. The van der Waals surface area contributed by atoms with Crippen LogP contribution in [0, 0.1) is 13.8 Å². The van der Waals surface area contributed by atoms with Gasteiger partial charge in [0.25, 0.3) is 0 Å². The summed E-state index contributed by atoms with van der Waals surface area (Å²) in [6.07, 6.45) is 1.79. The number of carbonyl (C=O) groups is 1. The van der Waals surface area contributed by atoms with Crippen LogP contribution in [0.25, 0.3) is 0 Å². The minimum absolute atomic E-state index is 0.328. The zero-order chi connectivity index (χ0) is 17.6. The zero-order valence-corrected chi connectivity index (χ0v) is 15.2. The number of sulfonamides is 1. The van der Waals surface area contributed by atoms with Gasteiger partial charge < -0.3 is 10.1 Å². The fraction of sp³-hybridized carbons (Fsp3) is 0.562. The van der Waals surface area contributed by atoms with E-state index in [0.29, 0.717) is 25.3 Å². The second-order valence-electron chi connectivity index (χ2n) is 5.72. The maximum absolute atomic E-state index is 12.3. The molecule has 0 aliphatic carbocycles. The van der Waals surface area contributed by atoms with Gasteiger partial charge in [0.1, 0.15) is 6.04 Å². The van der Waals surface area contributed by atoms with Crippen LogP contribution in [0.1, 0.15) is 24.5 Å². The van der Waals surface area contributed by atoms with Crippen LogP contribution in [0.2, 0.25) is 0 Å². The van der Waals surface area contributed by atoms with Gasteiger partial charge in [-0.05, 0) is 50.5 Å². The van der Waals surface area contributed by atoms with Gasteiger partial charge in [-0.15, -0.1) is 0 Å². The Labute approximate surface area is 138 Å². The summed E-state index contributed by atoms with van der Waals surface area (Å²) in [5.41, 5.74) is 2.40. The van der Waals surface area contributed by atoms with E-state index in [1.165, 1.54) is 4.31 Å². The van der Waals surface area contributed by atoms with E-state index < -0.39 is 16.1 Å². The van der Waals surface area contributed by atoms with Crippen molar-refractivity contribution in [3.8, 4) is 0 Å². The molecule has 1 N–H and O–H groups in total. The molecule has 0 spiro atoms. The summed E-state index contributed by atoms with van der Waals surface area (Å²) in [6.45, 7) is 6.37. The van der Waals surface area contributed by atoms with Crippen molar-refractivity contribution in [3.63, 3.8) is 0 Å². The number of nitrogens with zero attached hydrogens (tertiary/aromatic N) is 1. The quantitative estimate of drug-likeness (QED) is 0.728. The molecule has 0 unspecified atom stereocenters. The molecule has 1 rings (SSSR count). The summed E-state index contributed by atoms with van der Waals surface area (Å²) in [5.74, 6) is -0.328. The van der Waals surface area contributed by atoms with Crippen molar-refractivity contribution < 1.29 is 17.9 Å². The van der Waals surface area contributed by atoms with E-state index >= 15 is 0 Å². The van der Waals surface area contributed by atoms with Gasteiger partial charge in [0.2, 0.25) is 15.9 Å². The average molecular weight is 342 g/mol. The molecule has 0 fully saturated rings. The largest absolute Gasteiger partial charge is 0.385 e. The van der Waals surface area contributed by atoms with E-state index in [1.54, 1.807) is 26.2 Å². The van der Waals surface area contributed by atoms with Gasteiger partial charge in [-0.2, -0.15) is 0 Å². The highest BCUT2D eigenvalue weighted by Crippen LogP contribution is 2.23. The predicted molar refractivity (Wildman–Crippen MR) is 92.2 cm³/mol. The van der Waals surface area contributed by atoms with Crippen LogP contribution in [0.4, 0.5) is 5.69 Å². The third kappa shape index (κ3) is 5.84. The van der Waals surface area contributed by atoms with E-state index in [0.717, 1.165) is 17.4 Å². The highest BCUT2D eigenvalue weighted by Gasteiger charge is 2.29. The van der Waals surface area contributed by atoms with Gasteiger partial charge in [-0.3, -0.25) is 9.10 Å². The Morgan fingerprint density at radius 3 is 2.30 bits per heavy atom. The molecule has 0 heterocycles. The Balaban J connectivity index is 3.00. The van der Waals surface area contributed by atoms with E-state index in [1.807, 2.05) is 19.9 Å². The van der Waals surface area contributed by atoms with Gasteiger partial charge >= 0.3 is 0 Å². The number of anilines is 1. The first-order valence-electron chi connectivity index (χ1n) is 7.51. The van der Waals surface area contributed by atoms with E-state index in [2.05, 4.69) is 5.32 Å². The van der Waals surface area contributed by atoms with Crippen molar-refractivity contribution in [2.45, 2.75) is 33.2 Å². The molecular formula is C16H26N2O4S. The number of hydrogen-bond acceptors (Lipinski definition) is 4.